The van der Waals surface area contributed by atoms with Gasteiger partial charge in [0.1, 0.15) is 15.1 Å². The molecule has 2 aromatic rings. The Morgan fingerprint density at radius 1 is 0.818 bits per heavy atom. The Kier molecular flexibility index (Phi) is 6.83. The van der Waals surface area contributed by atoms with E-state index in [2.05, 4.69) is 9.97 Å². The van der Waals surface area contributed by atoms with Crippen LogP contribution in [-0.4, -0.2) is 9.97 Å². The molecule has 0 saturated carbocycles. The summed E-state index contributed by atoms with van der Waals surface area (Å²) in [5, 5.41) is 0. The highest BCUT2D eigenvalue weighted by atomic mass is 127. The standard InChI is InChI=1S/2C6H3F3IN/c7-6(8,9)5-3-4(10)1-2-11-5;7-6(8,9)4-2-1-3-5(10)11-4/h2*1-3H. The van der Waals surface area contributed by atoms with E-state index in [1.807, 2.05) is 0 Å². The lowest BCUT2D eigenvalue weighted by Crippen LogP contribution is -2.07. The number of aromatic nitrogens is 2. The number of alkyl halides is 6. The molecule has 0 radical (unpaired) electrons. The van der Waals surface area contributed by atoms with Gasteiger partial charge < -0.3 is 0 Å². The molecule has 0 bridgehead atoms. The molecule has 0 amide bonds. The minimum atomic E-state index is -4.33. The molecule has 2 aromatic heterocycles. The van der Waals surface area contributed by atoms with Crippen molar-refractivity contribution in [2.75, 3.05) is 0 Å². The molecule has 2 nitrogen and oxygen atoms in total. The molecule has 0 atom stereocenters. The minimum Gasteiger partial charge on any atom is -0.252 e. The van der Waals surface area contributed by atoms with Crippen molar-refractivity contribution in [1.82, 2.24) is 9.97 Å². The lowest BCUT2D eigenvalue weighted by Gasteiger charge is -2.04. The molecule has 0 aliphatic heterocycles. The molecule has 0 aromatic carbocycles. The molecule has 0 N–H and O–H groups in total. The topological polar surface area (TPSA) is 25.8 Å². The smallest absolute Gasteiger partial charge is 0.252 e. The first kappa shape index (κ1) is 19.4. The van der Waals surface area contributed by atoms with Crippen molar-refractivity contribution in [3.63, 3.8) is 0 Å². The maximum atomic E-state index is 11.9. The Bertz CT molecular complexity index is 572. The van der Waals surface area contributed by atoms with Crippen molar-refractivity contribution in [2.24, 2.45) is 0 Å². The summed E-state index contributed by atoms with van der Waals surface area (Å²) in [5.41, 5.74) is -1.69. The Labute approximate surface area is 148 Å². The van der Waals surface area contributed by atoms with Crippen LogP contribution in [0.4, 0.5) is 26.3 Å². The Balaban J connectivity index is 0.000000220. The van der Waals surface area contributed by atoms with E-state index in [9.17, 15) is 26.3 Å². The van der Waals surface area contributed by atoms with Crippen LogP contribution < -0.4 is 0 Å². The molecular formula is C12H6F6I2N2. The van der Waals surface area contributed by atoms with Crippen molar-refractivity contribution in [3.8, 4) is 0 Å². The van der Waals surface area contributed by atoms with Crippen molar-refractivity contribution < 1.29 is 26.3 Å². The van der Waals surface area contributed by atoms with Crippen LogP contribution in [0.25, 0.3) is 0 Å². The van der Waals surface area contributed by atoms with E-state index in [4.69, 9.17) is 0 Å². The largest absolute Gasteiger partial charge is 0.433 e. The molecule has 2 rings (SSSR count). The first-order valence-electron chi connectivity index (χ1n) is 5.38. The number of nitrogens with zero attached hydrogens (tertiary/aromatic N) is 2. The highest BCUT2D eigenvalue weighted by Crippen LogP contribution is 2.28. The van der Waals surface area contributed by atoms with Gasteiger partial charge in [0.15, 0.2) is 0 Å². The lowest BCUT2D eigenvalue weighted by atomic mass is 10.3. The highest BCUT2D eigenvalue weighted by Gasteiger charge is 2.32. The third-order valence-corrected chi connectivity index (χ3v) is 3.29. The van der Waals surface area contributed by atoms with Crippen molar-refractivity contribution in [2.45, 2.75) is 12.4 Å². The number of halogens is 8. The average molecular weight is 546 g/mol. The maximum Gasteiger partial charge on any atom is 0.433 e. The van der Waals surface area contributed by atoms with Gasteiger partial charge in [-0.3, -0.25) is 4.98 Å². The van der Waals surface area contributed by atoms with E-state index < -0.39 is 23.7 Å². The highest BCUT2D eigenvalue weighted by molar-refractivity contribution is 14.1. The molecule has 0 unspecified atom stereocenters. The summed E-state index contributed by atoms with van der Waals surface area (Å²) in [6.45, 7) is 0. The quantitative estimate of drug-likeness (QED) is 0.251. The number of hydrogen-bond donors (Lipinski definition) is 0. The zero-order chi connectivity index (χ0) is 17.0. The Morgan fingerprint density at radius 3 is 1.77 bits per heavy atom. The maximum absolute atomic E-state index is 11.9. The second-order valence-electron chi connectivity index (χ2n) is 3.70. The molecular weight excluding hydrogens is 540 g/mol. The van der Waals surface area contributed by atoms with Gasteiger partial charge in [-0.1, -0.05) is 6.07 Å². The van der Waals surface area contributed by atoms with Gasteiger partial charge in [-0.2, -0.15) is 26.3 Å². The molecule has 120 valence electrons. The van der Waals surface area contributed by atoms with Crippen LogP contribution in [-0.2, 0) is 12.4 Å². The first-order chi connectivity index (χ1) is 10.00. The van der Waals surface area contributed by atoms with Crippen LogP contribution in [0.15, 0.2) is 36.5 Å². The molecule has 22 heavy (non-hydrogen) atoms. The molecule has 0 aliphatic carbocycles. The fraction of sp³-hybridized carbons (Fsp3) is 0.167. The predicted molar refractivity (Wildman–Crippen MR) is 83.9 cm³/mol. The molecule has 10 heteroatoms. The Morgan fingerprint density at radius 2 is 1.41 bits per heavy atom. The summed E-state index contributed by atoms with van der Waals surface area (Å²) < 4.78 is 72.3. The van der Waals surface area contributed by atoms with E-state index in [0.29, 0.717) is 7.27 Å². The van der Waals surface area contributed by atoms with E-state index in [1.54, 1.807) is 45.2 Å². The third-order valence-electron chi connectivity index (χ3n) is 2.02. The minimum absolute atomic E-state index is 0.345. The first-order valence-corrected chi connectivity index (χ1v) is 7.54. The van der Waals surface area contributed by atoms with Gasteiger partial charge >= 0.3 is 12.4 Å². The van der Waals surface area contributed by atoms with Crippen LogP contribution in [0.2, 0.25) is 0 Å². The zero-order valence-electron chi connectivity index (χ0n) is 10.4. The van der Waals surface area contributed by atoms with E-state index in [0.717, 1.165) is 18.3 Å². The summed E-state index contributed by atoms with van der Waals surface area (Å²) in [7, 11) is 0. The van der Waals surface area contributed by atoms with Gasteiger partial charge in [-0.05, 0) is 69.4 Å². The van der Waals surface area contributed by atoms with Gasteiger partial charge in [0, 0.05) is 9.77 Å². The molecule has 0 fully saturated rings. The monoisotopic (exact) mass is 546 g/mol. The van der Waals surface area contributed by atoms with Crippen molar-refractivity contribution in [3.05, 3.63) is 55.2 Å². The molecule has 2 heterocycles. The number of rotatable bonds is 0. The average Bonchev–Trinajstić information content (AvgIpc) is 2.37. The SMILES string of the molecule is FC(F)(F)c1cc(I)ccn1.FC(F)(F)c1cccc(I)n1. The summed E-state index contributed by atoms with van der Waals surface area (Å²) >= 11 is 3.54. The van der Waals surface area contributed by atoms with Crippen LogP contribution in [0.5, 0.6) is 0 Å². The van der Waals surface area contributed by atoms with Crippen molar-refractivity contribution >= 4 is 45.2 Å². The Hall–Kier alpha value is -0.660. The van der Waals surface area contributed by atoms with E-state index >= 15 is 0 Å². The fourth-order valence-corrected chi connectivity index (χ4v) is 2.05. The number of hydrogen-bond acceptors (Lipinski definition) is 2. The van der Waals surface area contributed by atoms with Crippen LogP contribution >= 0.6 is 45.2 Å². The van der Waals surface area contributed by atoms with Crippen molar-refractivity contribution in [1.29, 1.82) is 0 Å². The lowest BCUT2D eigenvalue weighted by molar-refractivity contribution is -0.142. The van der Waals surface area contributed by atoms with Gasteiger partial charge in [0.2, 0.25) is 0 Å². The van der Waals surface area contributed by atoms with Gasteiger partial charge in [-0.25, -0.2) is 4.98 Å². The summed E-state index contributed by atoms with van der Waals surface area (Å²) in [4.78, 5) is 6.49. The van der Waals surface area contributed by atoms with Crippen LogP contribution in [0, 0.1) is 7.27 Å². The van der Waals surface area contributed by atoms with Gasteiger partial charge in [0.05, 0.1) is 0 Å². The second-order valence-corrected chi connectivity index (χ2v) is 6.05. The summed E-state index contributed by atoms with van der Waals surface area (Å²) in [6.07, 6.45) is -7.52. The summed E-state index contributed by atoms with van der Waals surface area (Å²) in [6, 6.07) is 6.30. The number of pyridine rings is 2. The zero-order valence-corrected chi connectivity index (χ0v) is 14.7. The summed E-state index contributed by atoms with van der Waals surface area (Å²) in [5.74, 6) is 0. The molecule has 0 saturated heterocycles. The molecule has 0 spiro atoms. The van der Waals surface area contributed by atoms with Gasteiger partial charge in [-0.15, -0.1) is 0 Å². The van der Waals surface area contributed by atoms with Crippen LogP contribution in [0.3, 0.4) is 0 Å². The normalized spacial score (nSPS) is 11.6. The third kappa shape index (κ3) is 6.62. The second kappa shape index (κ2) is 7.75. The van der Waals surface area contributed by atoms with E-state index in [1.165, 1.54) is 18.2 Å². The van der Waals surface area contributed by atoms with Gasteiger partial charge in [0.25, 0.3) is 0 Å². The van der Waals surface area contributed by atoms with Crippen LogP contribution in [0.1, 0.15) is 11.4 Å². The molecule has 0 aliphatic rings. The predicted octanol–water partition coefficient (Wildman–Crippen LogP) is 5.41. The van der Waals surface area contributed by atoms with E-state index in [-0.39, 0.29) is 0 Å². The fourth-order valence-electron chi connectivity index (χ4n) is 1.13.